The molecule has 2 aromatic heterocycles. The van der Waals surface area contributed by atoms with E-state index in [-0.39, 0.29) is 12.6 Å². The van der Waals surface area contributed by atoms with Gasteiger partial charge in [0.15, 0.2) is 0 Å². The van der Waals surface area contributed by atoms with Crippen molar-refractivity contribution < 1.29 is 19.0 Å². The molecule has 9 heteroatoms. The van der Waals surface area contributed by atoms with Crippen molar-refractivity contribution in [1.29, 1.82) is 0 Å². The quantitative estimate of drug-likeness (QED) is 0.464. The smallest absolute Gasteiger partial charge is 0.234 e. The first kappa shape index (κ1) is 24.8. The molecule has 0 aliphatic rings. The molecule has 0 unspecified atom stereocenters. The molecule has 0 saturated heterocycles. The van der Waals surface area contributed by atoms with E-state index in [9.17, 15) is 5.11 Å². The molecule has 0 spiro atoms. The van der Waals surface area contributed by atoms with Crippen LogP contribution in [-0.2, 0) is 19.2 Å². The summed E-state index contributed by atoms with van der Waals surface area (Å²) in [5.74, 6) is 0.825. The summed E-state index contributed by atoms with van der Waals surface area (Å²) in [5, 5.41) is 14.0. The number of ether oxygens (including phenoxy) is 2. The number of anilines is 1. The number of aliphatic hydroxyl groups is 1. The third-order valence-electron chi connectivity index (χ3n) is 5.04. The van der Waals surface area contributed by atoms with Gasteiger partial charge in [-0.2, -0.15) is 0 Å². The third kappa shape index (κ3) is 5.39. The van der Waals surface area contributed by atoms with Gasteiger partial charge in [-0.1, -0.05) is 11.6 Å². The Morgan fingerprint density at radius 1 is 1.30 bits per heavy atom. The lowest BCUT2D eigenvalue weighted by Crippen LogP contribution is -2.20. The number of rotatable bonds is 8. The Morgan fingerprint density at radius 3 is 2.58 bits per heavy atom. The van der Waals surface area contributed by atoms with Crippen LogP contribution in [0, 0.1) is 12.7 Å². The van der Waals surface area contributed by atoms with Gasteiger partial charge in [-0.3, -0.25) is 0 Å². The largest absolute Gasteiger partial charge is 0.491 e. The number of imidazole rings is 1. The SMILES string of the molecule is COc1ncc(C)c(NCc2cc(F)c(-c3cn(C)c(C(C)(C)O)n3)cc2OC(C)C)c1Cl. The molecular formula is C24H30ClFN4O3. The first-order valence-electron chi connectivity index (χ1n) is 10.6. The second-order valence-electron chi connectivity index (χ2n) is 8.72. The van der Waals surface area contributed by atoms with Gasteiger partial charge in [-0.25, -0.2) is 14.4 Å². The van der Waals surface area contributed by atoms with Crippen molar-refractivity contribution in [2.24, 2.45) is 7.05 Å². The number of hydrogen-bond donors (Lipinski definition) is 2. The first-order chi connectivity index (χ1) is 15.4. The van der Waals surface area contributed by atoms with Crippen LogP contribution in [0.1, 0.15) is 44.6 Å². The fraction of sp³-hybridized carbons (Fsp3) is 0.417. The first-order valence-corrected chi connectivity index (χ1v) is 11.0. The van der Waals surface area contributed by atoms with Crippen LogP contribution in [-0.4, -0.2) is 32.9 Å². The molecule has 0 radical (unpaired) electrons. The molecule has 0 fully saturated rings. The summed E-state index contributed by atoms with van der Waals surface area (Å²) in [6.45, 7) is 9.23. The van der Waals surface area contributed by atoms with Crippen molar-refractivity contribution in [2.75, 3.05) is 12.4 Å². The van der Waals surface area contributed by atoms with Crippen LogP contribution in [0.15, 0.2) is 24.5 Å². The van der Waals surface area contributed by atoms with Gasteiger partial charge in [0.1, 0.15) is 28.0 Å². The molecule has 0 aliphatic carbocycles. The van der Waals surface area contributed by atoms with E-state index in [1.165, 1.54) is 13.2 Å². The van der Waals surface area contributed by atoms with E-state index in [0.29, 0.717) is 45.0 Å². The number of benzene rings is 1. The van der Waals surface area contributed by atoms with Crippen LogP contribution >= 0.6 is 11.6 Å². The number of aromatic nitrogens is 3. The Kier molecular flexibility index (Phi) is 7.19. The lowest BCUT2D eigenvalue weighted by Gasteiger charge is -2.18. The summed E-state index contributed by atoms with van der Waals surface area (Å²) in [6, 6.07) is 3.07. The Hall–Kier alpha value is -2.84. The van der Waals surface area contributed by atoms with E-state index in [1.807, 2.05) is 20.8 Å². The summed E-state index contributed by atoms with van der Waals surface area (Å²) in [6.07, 6.45) is 3.22. The zero-order chi connectivity index (χ0) is 24.5. The summed E-state index contributed by atoms with van der Waals surface area (Å²) in [5.41, 5.74) is 1.65. The highest BCUT2D eigenvalue weighted by atomic mass is 35.5. The van der Waals surface area contributed by atoms with Gasteiger partial charge in [0, 0.05) is 37.1 Å². The van der Waals surface area contributed by atoms with E-state index in [2.05, 4.69) is 15.3 Å². The lowest BCUT2D eigenvalue weighted by molar-refractivity contribution is 0.0659. The molecular weight excluding hydrogens is 447 g/mol. The molecule has 3 aromatic rings. The summed E-state index contributed by atoms with van der Waals surface area (Å²) < 4.78 is 28.1. The molecule has 3 rings (SSSR count). The van der Waals surface area contributed by atoms with Crippen molar-refractivity contribution in [3.05, 3.63) is 52.3 Å². The Labute approximate surface area is 198 Å². The minimum absolute atomic E-state index is 0.121. The van der Waals surface area contributed by atoms with Crippen LogP contribution in [0.25, 0.3) is 11.3 Å². The van der Waals surface area contributed by atoms with Crippen LogP contribution < -0.4 is 14.8 Å². The fourth-order valence-electron chi connectivity index (χ4n) is 3.56. The minimum atomic E-state index is -1.16. The maximum atomic E-state index is 15.2. The van der Waals surface area contributed by atoms with Crippen LogP contribution in [0.5, 0.6) is 11.6 Å². The second kappa shape index (κ2) is 9.57. The predicted molar refractivity (Wildman–Crippen MR) is 127 cm³/mol. The summed E-state index contributed by atoms with van der Waals surface area (Å²) >= 11 is 6.41. The van der Waals surface area contributed by atoms with Gasteiger partial charge >= 0.3 is 0 Å². The average molecular weight is 477 g/mol. The molecule has 0 atom stereocenters. The normalized spacial score (nSPS) is 11.7. The number of methoxy groups -OCH3 is 1. The van der Waals surface area contributed by atoms with Crippen molar-refractivity contribution in [1.82, 2.24) is 14.5 Å². The number of nitrogens with one attached hydrogen (secondary N) is 1. The van der Waals surface area contributed by atoms with E-state index in [0.717, 1.165) is 5.56 Å². The minimum Gasteiger partial charge on any atom is -0.491 e. The molecule has 0 aliphatic heterocycles. The van der Waals surface area contributed by atoms with Gasteiger partial charge < -0.3 is 24.5 Å². The van der Waals surface area contributed by atoms with Crippen LogP contribution in [0.2, 0.25) is 5.02 Å². The second-order valence-corrected chi connectivity index (χ2v) is 9.10. The fourth-order valence-corrected chi connectivity index (χ4v) is 3.90. The van der Waals surface area contributed by atoms with Gasteiger partial charge in [0.05, 0.1) is 24.6 Å². The molecule has 33 heavy (non-hydrogen) atoms. The molecule has 2 heterocycles. The number of hydrogen-bond acceptors (Lipinski definition) is 6. The van der Waals surface area contributed by atoms with Gasteiger partial charge in [0.25, 0.3) is 0 Å². The Bertz CT molecular complexity index is 1160. The molecule has 0 amide bonds. The van der Waals surface area contributed by atoms with Gasteiger partial charge in [-0.05, 0) is 52.3 Å². The number of nitrogens with zero attached hydrogens (tertiary/aromatic N) is 3. The molecule has 1 aromatic carbocycles. The highest BCUT2D eigenvalue weighted by Crippen LogP contribution is 2.35. The standard InChI is InChI=1S/C24H30ClFN4O3/c1-13(2)33-19-9-16(18-12-30(6)23(29-18)24(4,5)31)17(26)8-15(19)11-27-21-14(3)10-28-22(32-7)20(21)25/h8-10,12-13,31H,11H2,1-7H3,(H,27,28). The maximum absolute atomic E-state index is 15.2. The summed E-state index contributed by atoms with van der Waals surface area (Å²) in [7, 11) is 3.26. The zero-order valence-electron chi connectivity index (χ0n) is 20.0. The zero-order valence-corrected chi connectivity index (χ0v) is 20.7. The topological polar surface area (TPSA) is 81.4 Å². The van der Waals surface area contributed by atoms with E-state index in [4.69, 9.17) is 21.1 Å². The van der Waals surface area contributed by atoms with Crippen molar-refractivity contribution >= 4 is 17.3 Å². The Balaban J connectivity index is 2.00. The monoisotopic (exact) mass is 476 g/mol. The summed E-state index contributed by atoms with van der Waals surface area (Å²) in [4.78, 5) is 8.61. The van der Waals surface area contributed by atoms with Gasteiger partial charge in [-0.15, -0.1) is 0 Å². The van der Waals surface area contributed by atoms with Crippen LogP contribution in [0.3, 0.4) is 0 Å². The Morgan fingerprint density at radius 2 is 2.00 bits per heavy atom. The maximum Gasteiger partial charge on any atom is 0.234 e. The number of halogens is 2. The van der Waals surface area contributed by atoms with Gasteiger partial charge in [0.2, 0.25) is 5.88 Å². The van der Waals surface area contributed by atoms with Crippen molar-refractivity contribution in [3.8, 4) is 22.9 Å². The average Bonchev–Trinajstić information content (AvgIpc) is 3.11. The number of pyridine rings is 1. The third-order valence-corrected chi connectivity index (χ3v) is 5.39. The van der Waals surface area contributed by atoms with Crippen LogP contribution in [0.4, 0.5) is 10.1 Å². The van der Waals surface area contributed by atoms with Crippen molar-refractivity contribution in [3.63, 3.8) is 0 Å². The van der Waals surface area contributed by atoms with E-state index < -0.39 is 11.4 Å². The van der Waals surface area contributed by atoms with Crippen molar-refractivity contribution in [2.45, 2.75) is 52.9 Å². The number of aryl methyl sites for hydroxylation is 2. The highest BCUT2D eigenvalue weighted by Gasteiger charge is 2.24. The molecule has 178 valence electrons. The van der Waals surface area contributed by atoms with E-state index in [1.54, 1.807) is 43.9 Å². The highest BCUT2D eigenvalue weighted by molar-refractivity contribution is 6.34. The lowest BCUT2D eigenvalue weighted by atomic mass is 10.1. The predicted octanol–water partition coefficient (Wildman–Crippen LogP) is 5.22. The van der Waals surface area contributed by atoms with E-state index >= 15 is 4.39 Å². The molecule has 2 N–H and O–H groups in total. The molecule has 7 nitrogen and oxygen atoms in total. The molecule has 0 bridgehead atoms. The molecule has 0 saturated carbocycles.